The van der Waals surface area contributed by atoms with Gasteiger partial charge >= 0.3 is 6.18 Å². The Kier molecular flexibility index (Phi) is 4.84. The van der Waals surface area contributed by atoms with Crippen molar-refractivity contribution in [3.05, 3.63) is 0 Å². The normalized spacial score (nSPS) is 21.2. The minimum absolute atomic E-state index is 0.0483. The SMILES string of the molecule is CC(C)NC(COC(C)C(F)(F)F)(C(N)=O)C1CC1. The van der Waals surface area contributed by atoms with Crippen LogP contribution in [0.5, 0.6) is 0 Å². The third-order valence-electron chi connectivity index (χ3n) is 3.28. The summed E-state index contributed by atoms with van der Waals surface area (Å²) in [7, 11) is 0. The second-order valence-corrected chi connectivity index (χ2v) is 5.40. The number of hydrogen-bond acceptors (Lipinski definition) is 3. The number of rotatable bonds is 7. The zero-order valence-electron chi connectivity index (χ0n) is 11.4. The fraction of sp³-hybridized carbons (Fsp3) is 0.917. The molecule has 2 unspecified atom stereocenters. The van der Waals surface area contributed by atoms with E-state index >= 15 is 0 Å². The summed E-state index contributed by atoms with van der Waals surface area (Å²) in [5.41, 5.74) is 4.19. The number of nitrogens with one attached hydrogen (secondary N) is 1. The van der Waals surface area contributed by atoms with Crippen molar-refractivity contribution >= 4 is 5.91 Å². The van der Waals surface area contributed by atoms with Crippen molar-refractivity contribution in [1.29, 1.82) is 0 Å². The Morgan fingerprint density at radius 3 is 2.21 bits per heavy atom. The predicted molar refractivity (Wildman–Crippen MR) is 64.4 cm³/mol. The highest BCUT2D eigenvalue weighted by atomic mass is 19.4. The molecule has 4 nitrogen and oxygen atoms in total. The molecule has 0 saturated heterocycles. The molecule has 2 atom stereocenters. The number of ether oxygens (including phenoxy) is 1. The van der Waals surface area contributed by atoms with Crippen molar-refractivity contribution < 1.29 is 22.7 Å². The summed E-state index contributed by atoms with van der Waals surface area (Å²) in [5, 5.41) is 2.99. The number of carbonyl (C=O) groups is 1. The molecule has 112 valence electrons. The van der Waals surface area contributed by atoms with Gasteiger partial charge in [-0.25, -0.2) is 0 Å². The van der Waals surface area contributed by atoms with E-state index in [9.17, 15) is 18.0 Å². The topological polar surface area (TPSA) is 64.3 Å². The van der Waals surface area contributed by atoms with Gasteiger partial charge in [-0.2, -0.15) is 13.2 Å². The van der Waals surface area contributed by atoms with Crippen molar-refractivity contribution in [1.82, 2.24) is 5.32 Å². The molecule has 1 aliphatic rings. The summed E-state index contributed by atoms with van der Waals surface area (Å²) in [4.78, 5) is 11.7. The van der Waals surface area contributed by atoms with E-state index < -0.39 is 23.7 Å². The summed E-state index contributed by atoms with van der Waals surface area (Å²) >= 11 is 0. The molecular formula is C12H21F3N2O2. The van der Waals surface area contributed by atoms with Crippen LogP contribution in [0.1, 0.15) is 33.6 Å². The number of carbonyl (C=O) groups excluding carboxylic acids is 1. The Bertz CT molecular complexity index is 329. The van der Waals surface area contributed by atoms with Gasteiger partial charge in [0.2, 0.25) is 5.91 Å². The highest BCUT2D eigenvalue weighted by Crippen LogP contribution is 2.40. The van der Waals surface area contributed by atoms with Gasteiger partial charge in [0.15, 0.2) is 6.10 Å². The van der Waals surface area contributed by atoms with E-state index in [2.05, 4.69) is 5.32 Å². The molecule has 7 heteroatoms. The standard InChI is InChI=1S/C12H21F3N2O2/c1-7(2)17-11(10(16)18,9-4-5-9)6-19-8(3)12(13,14)15/h7-9,17H,4-6H2,1-3H3,(H2,16,18). The van der Waals surface area contributed by atoms with Crippen LogP contribution in [0.2, 0.25) is 0 Å². The first-order valence-electron chi connectivity index (χ1n) is 6.35. The number of alkyl halides is 3. The molecule has 0 radical (unpaired) electrons. The molecule has 0 heterocycles. The van der Waals surface area contributed by atoms with Crippen molar-refractivity contribution in [2.24, 2.45) is 11.7 Å². The average molecular weight is 282 g/mol. The minimum Gasteiger partial charge on any atom is -0.368 e. The first-order valence-corrected chi connectivity index (χ1v) is 6.35. The van der Waals surface area contributed by atoms with E-state index in [4.69, 9.17) is 10.5 Å². The Hall–Kier alpha value is -0.820. The van der Waals surface area contributed by atoms with E-state index in [1.165, 1.54) is 0 Å². The number of nitrogens with two attached hydrogens (primary N) is 1. The molecule has 0 aromatic rings. The quantitative estimate of drug-likeness (QED) is 0.745. The van der Waals surface area contributed by atoms with Gasteiger partial charge in [-0.05, 0) is 39.5 Å². The summed E-state index contributed by atoms with van der Waals surface area (Å²) in [6.07, 6.45) is -4.82. The van der Waals surface area contributed by atoms with Crippen LogP contribution in [-0.2, 0) is 9.53 Å². The van der Waals surface area contributed by atoms with Gasteiger partial charge < -0.3 is 10.5 Å². The lowest BCUT2D eigenvalue weighted by molar-refractivity contribution is -0.219. The molecule has 1 amide bonds. The molecule has 19 heavy (non-hydrogen) atoms. The molecule has 0 aliphatic heterocycles. The average Bonchev–Trinajstić information content (AvgIpc) is 3.05. The van der Waals surface area contributed by atoms with E-state index in [-0.39, 0.29) is 18.6 Å². The molecule has 3 N–H and O–H groups in total. The minimum atomic E-state index is -4.44. The maximum absolute atomic E-state index is 12.4. The van der Waals surface area contributed by atoms with Gasteiger partial charge in [0.25, 0.3) is 0 Å². The fourth-order valence-electron chi connectivity index (χ4n) is 2.06. The van der Waals surface area contributed by atoms with E-state index in [0.717, 1.165) is 19.8 Å². The van der Waals surface area contributed by atoms with Crippen LogP contribution in [0.4, 0.5) is 13.2 Å². The lowest BCUT2D eigenvalue weighted by Gasteiger charge is -2.35. The molecule has 1 saturated carbocycles. The largest absolute Gasteiger partial charge is 0.414 e. The van der Waals surface area contributed by atoms with Crippen LogP contribution < -0.4 is 11.1 Å². The van der Waals surface area contributed by atoms with Crippen LogP contribution in [0, 0.1) is 5.92 Å². The van der Waals surface area contributed by atoms with Gasteiger partial charge in [0.1, 0.15) is 5.54 Å². The molecule has 0 aromatic carbocycles. The Balaban J connectivity index is 2.77. The van der Waals surface area contributed by atoms with Crippen molar-refractivity contribution in [3.63, 3.8) is 0 Å². The van der Waals surface area contributed by atoms with Crippen molar-refractivity contribution in [3.8, 4) is 0 Å². The molecule has 0 aromatic heterocycles. The first-order chi connectivity index (χ1) is 8.59. The van der Waals surface area contributed by atoms with Crippen LogP contribution >= 0.6 is 0 Å². The third-order valence-corrected chi connectivity index (χ3v) is 3.28. The van der Waals surface area contributed by atoms with Gasteiger partial charge in [-0.15, -0.1) is 0 Å². The van der Waals surface area contributed by atoms with Gasteiger partial charge in [0, 0.05) is 6.04 Å². The molecule has 1 fully saturated rings. The number of amides is 1. The van der Waals surface area contributed by atoms with Crippen LogP contribution in [-0.4, -0.2) is 36.4 Å². The van der Waals surface area contributed by atoms with Crippen LogP contribution in [0.3, 0.4) is 0 Å². The molecule has 1 aliphatic carbocycles. The van der Waals surface area contributed by atoms with Gasteiger partial charge in [0.05, 0.1) is 6.61 Å². The zero-order valence-corrected chi connectivity index (χ0v) is 11.4. The maximum Gasteiger partial charge on any atom is 0.414 e. The van der Waals surface area contributed by atoms with E-state index in [0.29, 0.717) is 0 Å². The van der Waals surface area contributed by atoms with Gasteiger partial charge in [-0.3, -0.25) is 10.1 Å². The number of hydrogen-bond donors (Lipinski definition) is 2. The molecular weight excluding hydrogens is 261 g/mol. The summed E-state index contributed by atoms with van der Waals surface area (Å²) < 4.78 is 42.2. The lowest BCUT2D eigenvalue weighted by atomic mass is 9.92. The summed E-state index contributed by atoms with van der Waals surface area (Å²) in [5.74, 6) is -0.703. The van der Waals surface area contributed by atoms with Gasteiger partial charge in [-0.1, -0.05) is 0 Å². The Morgan fingerprint density at radius 2 is 1.89 bits per heavy atom. The second kappa shape index (κ2) is 5.66. The number of halogens is 3. The first kappa shape index (κ1) is 16.2. The Labute approximate surface area is 110 Å². The van der Waals surface area contributed by atoms with Crippen molar-refractivity contribution in [2.45, 2.75) is 57.5 Å². The van der Waals surface area contributed by atoms with E-state index in [1.54, 1.807) is 0 Å². The summed E-state index contributed by atoms with van der Waals surface area (Å²) in [6, 6.07) is -0.0714. The monoisotopic (exact) mass is 282 g/mol. The highest BCUT2D eigenvalue weighted by molar-refractivity contribution is 5.85. The number of primary amides is 1. The fourth-order valence-corrected chi connectivity index (χ4v) is 2.06. The summed E-state index contributed by atoms with van der Waals surface area (Å²) in [6.45, 7) is 4.19. The van der Waals surface area contributed by atoms with E-state index in [1.807, 2.05) is 13.8 Å². The highest BCUT2D eigenvalue weighted by Gasteiger charge is 2.51. The van der Waals surface area contributed by atoms with Crippen LogP contribution in [0.15, 0.2) is 0 Å². The molecule has 0 bridgehead atoms. The Morgan fingerprint density at radius 1 is 1.37 bits per heavy atom. The van der Waals surface area contributed by atoms with Crippen LogP contribution in [0.25, 0.3) is 0 Å². The second-order valence-electron chi connectivity index (χ2n) is 5.40. The zero-order chi connectivity index (χ0) is 14.8. The smallest absolute Gasteiger partial charge is 0.368 e. The van der Waals surface area contributed by atoms with Crippen molar-refractivity contribution in [2.75, 3.05) is 6.61 Å². The predicted octanol–water partition coefficient (Wildman–Crippen LogP) is 1.59. The molecule has 0 spiro atoms. The maximum atomic E-state index is 12.4. The lowest BCUT2D eigenvalue weighted by Crippen LogP contribution is -2.62. The third kappa shape index (κ3) is 4.07. The molecule has 1 rings (SSSR count).